The summed E-state index contributed by atoms with van der Waals surface area (Å²) in [6, 6.07) is 2.02. The van der Waals surface area contributed by atoms with Gasteiger partial charge in [-0.1, -0.05) is 0 Å². The Bertz CT molecular complexity index is 312. The first-order valence-corrected chi connectivity index (χ1v) is 6.98. The molecule has 0 aliphatic carbocycles. The molecule has 3 aliphatic heterocycles. The molecule has 3 rings (SSSR count). The molecule has 0 spiro atoms. The highest BCUT2D eigenvalue weighted by Crippen LogP contribution is 2.33. The molecule has 3 saturated heterocycles. The van der Waals surface area contributed by atoms with E-state index in [9.17, 15) is 4.79 Å². The molecule has 4 nitrogen and oxygen atoms in total. The highest BCUT2D eigenvalue weighted by molar-refractivity contribution is 5.75. The lowest BCUT2D eigenvalue weighted by Crippen LogP contribution is -2.53. The van der Waals surface area contributed by atoms with Crippen LogP contribution in [0.15, 0.2) is 0 Å². The Labute approximate surface area is 104 Å². The summed E-state index contributed by atoms with van der Waals surface area (Å²) in [4.78, 5) is 19.1. The van der Waals surface area contributed by atoms with Gasteiger partial charge in [0.15, 0.2) is 0 Å². The first kappa shape index (κ1) is 11.3. The normalized spacial score (nSPS) is 33.1. The Hall–Kier alpha value is -0.770. The van der Waals surface area contributed by atoms with Crippen LogP contribution in [0.4, 0.5) is 4.79 Å². The van der Waals surface area contributed by atoms with Crippen molar-refractivity contribution < 1.29 is 4.79 Å². The second kappa shape index (κ2) is 4.16. The summed E-state index contributed by atoms with van der Waals surface area (Å²) in [5.74, 6) is 0. The summed E-state index contributed by atoms with van der Waals surface area (Å²) >= 11 is 0. The zero-order valence-corrected chi connectivity index (χ0v) is 10.9. The average molecular weight is 237 g/mol. The van der Waals surface area contributed by atoms with Crippen molar-refractivity contribution in [3.05, 3.63) is 0 Å². The molecule has 2 atom stereocenters. The quantitative estimate of drug-likeness (QED) is 0.688. The average Bonchev–Trinajstić information content (AvgIpc) is 3.02. The minimum atomic E-state index is 0.304. The van der Waals surface area contributed by atoms with Gasteiger partial charge in [-0.15, -0.1) is 0 Å². The van der Waals surface area contributed by atoms with Crippen molar-refractivity contribution in [1.29, 1.82) is 0 Å². The van der Waals surface area contributed by atoms with Crippen LogP contribution in [0.25, 0.3) is 0 Å². The molecule has 0 aromatic carbocycles. The number of urea groups is 1. The van der Waals surface area contributed by atoms with E-state index in [1.165, 1.54) is 19.3 Å². The maximum Gasteiger partial charge on any atom is 0.320 e. The Morgan fingerprint density at radius 1 is 1.12 bits per heavy atom. The van der Waals surface area contributed by atoms with Crippen LogP contribution in [0.1, 0.15) is 33.1 Å². The zero-order valence-electron chi connectivity index (χ0n) is 10.9. The fourth-order valence-corrected chi connectivity index (χ4v) is 3.65. The summed E-state index contributed by atoms with van der Waals surface area (Å²) in [6.45, 7) is 8.50. The lowest BCUT2D eigenvalue weighted by Gasteiger charge is -2.37. The first-order valence-electron chi connectivity index (χ1n) is 6.98. The van der Waals surface area contributed by atoms with Gasteiger partial charge in [0.1, 0.15) is 0 Å². The summed E-state index contributed by atoms with van der Waals surface area (Å²) in [6.07, 6.45) is 3.56. The van der Waals surface area contributed by atoms with E-state index in [0.29, 0.717) is 24.2 Å². The standard InChI is InChI=1S/C13H23N3O/c1-10(2)15-8-12-7-11(15)9-16(12)13(17)14-5-3-4-6-14/h10-12H,3-9H2,1-2H3/t11?,12-/m0/s1. The molecule has 2 amide bonds. The number of hydrogen-bond acceptors (Lipinski definition) is 2. The van der Waals surface area contributed by atoms with Crippen molar-refractivity contribution in [2.75, 3.05) is 26.2 Å². The third-order valence-electron chi connectivity index (χ3n) is 4.57. The number of nitrogens with zero attached hydrogens (tertiary/aromatic N) is 3. The number of amides is 2. The molecular weight excluding hydrogens is 214 g/mol. The molecule has 1 unspecified atom stereocenters. The molecule has 0 aromatic rings. The molecule has 0 saturated carbocycles. The van der Waals surface area contributed by atoms with Crippen molar-refractivity contribution in [3.8, 4) is 0 Å². The van der Waals surface area contributed by atoms with Gasteiger partial charge in [0.25, 0.3) is 0 Å². The predicted molar refractivity (Wildman–Crippen MR) is 66.9 cm³/mol. The zero-order chi connectivity index (χ0) is 12.0. The highest BCUT2D eigenvalue weighted by Gasteiger charge is 2.46. The monoisotopic (exact) mass is 237 g/mol. The molecule has 0 N–H and O–H groups in total. The summed E-state index contributed by atoms with van der Waals surface area (Å²) < 4.78 is 0. The van der Waals surface area contributed by atoms with E-state index in [0.717, 1.165) is 26.2 Å². The van der Waals surface area contributed by atoms with Crippen molar-refractivity contribution in [1.82, 2.24) is 14.7 Å². The van der Waals surface area contributed by atoms with Crippen molar-refractivity contribution in [3.63, 3.8) is 0 Å². The van der Waals surface area contributed by atoms with Crippen LogP contribution < -0.4 is 0 Å². The minimum Gasteiger partial charge on any atom is -0.325 e. The third-order valence-corrected chi connectivity index (χ3v) is 4.57. The van der Waals surface area contributed by atoms with E-state index in [2.05, 4.69) is 23.6 Å². The van der Waals surface area contributed by atoms with Crippen molar-refractivity contribution >= 4 is 6.03 Å². The number of carbonyl (C=O) groups excluding carboxylic acids is 1. The third kappa shape index (κ3) is 1.82. The number of rotatable bonds is 1. The maximum atomic E-state index is 12.3. The topological polar surface area (TPSA) is 26.8 Å². The molecule has 3 heterocycles. The molecular formula is C13H23N3O. The van der Waals surface area contributed by atoms with E-state index in [4.69, 9.17) is 0 Å². The van der Waals surface area contributed by atoms with Crippen LogP contribution in [-0.4, -0.2) is 65.0 Å². The van der Waals surface area contributed by atoms with Crippen LogP contribution in [0.2, 0.25) is 0 Å². The van der Waals surface area contributed by atoms with Gasteiger partial charge in [0, 0.05) is 44.3 Å². The predicted octanol–water partition coefficient (Wildman–Crippen LogP) is 1.37. The van der Waals surface area contributed by atoms with Gasteiger partial charge >= 0.3 is 6.03 Å². The fraction of sp³-hybridized carbons (Fsp3) is 0.923. The number of hydrogen-bond donors (Lipinski definition) is 0. The summed E-state index contributed by atoms with van der Waals surface area (Å²) in [5.41, 5.74) is 0. The Kier molecular flexibility index (Phi) is 2.77. The van der Waals surface area contributed by atoms with Crippen LogP contribution in [0, 0.1) is 0 Å². The van der Waals surface area contributed by atoms with Crippen molar-refractivity contribution in [2.24, 2.45) is 0 Å². The van der Waals surface area contributed by atoms with Gasteiger partial charge in [0.05, 0.1) is 0 Å². The largest absolute Gasteiger partial charge is 0.325 e. The highest BCUT2D eigenvalue weighted by atomic mass is 16.2. The SMILES string of the molecule is CC(C)N1C[C@@H]2CC1CN2C(=O)N1CCCC1. The van der Waals surface area contributed by atoms with E-state index in [1.807, 2.05) is 4.90 Å². The molecule has 2 bridgehead atoms. The Morgan fingerprint density at radius 2 is 1.82 bits per heavy atom. The number of fused-ring (bicyclic) bond motifs is 2. The smallest absolute Gasteiger partial charge is 0.320 e. The van der Waals surface area contributed by atoms with Gasteiger partial charge in [-0.2, -0.15) is 0 Å². The van der Waals surface area contributed by atoms with Crippen LogP contribution in [0.5, 0.6) is 0 Å². The molecule has 4 heteroatoms. The number of carbonyl (C=O) groups is 1. The molecule has 17 heavy (non-hydrogen) atoms. The van der Waals surface area contributed by atoms with Gasteiger partial charge in [0.2, 0.25) is 0 Å². The van der Waals surface area contributed by atoms with Gasteiger partial charge in [-0.25, -0.2) is 4.79 Å². The summed E-state index contributed by atoms with van der Waals surface area (Å²) in [5, 5.41) is 0. The summed E-state index contributed by atoms with van der Waals surface area (Å²) in [7, 11) is 0. The molecule has 3 fully saturated rings. The second-order valence-corrected chi connectivity index (χ2v) is 5.96. The number of piperazine rings is 1. The second-order valence-electron chi connectivity index (χ2n) is 5.96. The maximum absolute atomic E-state index is 12.3. The fourth-order valence-electron chi connectivity index (χ4n) is 3.65. The van der Waals surface area contributed by atoms with E-state index < -0.39 is 0 Å². The van der Waals surface area contributed by atoms with E-state index in [-0.39, 0.29) is 0 Å². The Morgan fingerprint density at radius 3 is 2.35 bits per heavy atom. The van der Waals surface area contributed by atoms with E-state index >= 15 is 0 Å². The van der Waals surface area contributed by atoms with Crippen LogP contribution in [-0.2, 0) is 0 Å². The van der Waals surface area contributed by atoms with Gasteiger partial charge in [-0.05, 0) is 33.1 Å². The first-order chi connectivity index (χ1) is 8.16. The van der Waals surface area contributed by atoms with Crippen LogP contribution in [0.3, 0.4) is 0 Å². The van der Waals surface area contributed by atoms with E-state index in [1.54, 1.807) is 0 Å². The Balaban J connectivity index is 1.63. The molecule has 3 aliphatic rings. The minimum absolute atomic E-state index is 0.304. The van der Waals surface area contributed by atoms with Gasteiger partial charge < -0.3 is 9.80 Å². The van der Waals surface area contributed by atoms with Crippen molar-refractivity contribution in [2.45, 2.75) is 51.2 Å². The van der Waals surface area contributed by atoms with Crippen LogP contribution >= 0.6 is 0 Å². The lowest BCUT2D eigenvalue weighted by atomic mass is 10.2. The molecule has 0 radical (unpaired) electrons. The van der Waals surface area contributed by atoms with Gasteiger partial charge in [-0.3, -0.25) is 4.90 Å². The lowest BCUT2D eigenvalue weighted by molar-refractivity contribution is 0.100. The molecule has 96 valence electrons. The molecule has 0 aromatic heterocycles. The number of likely N-dealkylation sites (tertiary alicyclic amines) is 3.